The minimum atomic E-state index is -0.403. The van der Waals surface area contributed by atoms with Crippen LogP contribution in [0.3, 0.4) is 0 Å². The van der Waals surface area contributed by atoms with E-state index >= 15 is 0 Å². The highest BCUT2D eigenvalue weighted by atomic mass is 32.1. The van der Waals surface area contributed by atoms with Crippen molar-refractivity contribution in [2.45, 2.75) is 44.0 Å². The van der Waals surface area contributed by atoms with Gasteiger partial charge >= 0.3 is 0 Å². The van der Waals surface area contributed by atoms with Gasteiger partial charge in [-0.3, -0.25) is 4.79 Å². The number of hydrogen-bond acceptors (Lipinski definition) is 2. The third-order valence-electron chi connectivity index (χ3n) is 4.23. The fourth-order valence-electron chi connectivity index (χ4n) is 2.69. The van der Waals surface area contributed by atoms with Crippen molar-refractivity contribution in [1.82, 2.24) is 5.32 Å². The van der Waals surface area contributed by atoms with Crippen LogP contribution in [0.2, 0.25) is 0 Å². The lowest BCUT2D eigenvalue weighted by Gasteiger charge is -2.34. The second kappa shape index (κ2) is 5.95. The molecule has 0 spiro atoms. The quantitative estimate of drug-likeness (QED) is 0.796. The van der Waals surface area contributed by atoms with Crippen LogP contribution in [-0.2, 0) is 0 Å². The molecule has 0 aliphatic heterocycles. The van der Waals surface area contributed by atoms with Gasteiger partial charge in [-0.05, 0) is 36.5 Å². The lowest BCUT2D eigenvalue weighted by atomic mass is 9.78. The monoisotopic (exact) mass is 281 g/mol. The van der Waals surface area contributed by atoms with Gasteiger partial charge in [0.2, 0.25) is 0 Å². The van der Waals surface area contributed by atoms with Crippen LogP contribution < -0.4 is 5.32 Å². The largest absolute Gasteiger partial charge is 0.349 e. The van der Waals surface area contributed by atoms with Crippen molar-refractivity contribution in [3.05, 3.63) is 29.6 Å². The van der Waals surface area contributed by atoms with E-state index in [0.29, 0.717) is 17.4 Å². The zero-order chi connectivity index (χ0) is 14.0. The fraction of sp³-hybridized carbons (Fsp3) is 0.533. The van der Waals surface area contributed by atoms with Crippen molar-refractivity contribution < 1.29 is 9.18 Å². The van der Waals surface area contributed by atoms with Gasteiger partial charge in [-0.2, -0.15) is 0 Å². The Morgan fingerprint density at radius 1 is 1.37 bits per heavy atom. The smallest absolute Gasteiger partial charge is 0.251 e. The van der Waals surface area contributed by atoms with E-state index in [4.69, 9.17) is 0 Å². The lowest BCUT2D eigenvalue weighted by molar-refractivity contribution is 0.0891. The first-order valence-electron chi connectivity index (χ1n) is 6.78. The summed E-state index contributed by atoms with van der Waals surface area (Å²) in [4.78, 5) is 12.4. The maximum atomic E-state index is 13.1. The number of carbonyl (C=O) groups is 1. The Labute approximate surface area is 119 Å². The van der Waals surface area contributed by atoms with Crippen molar-refractivity contribution in [3.8, 4) is 0 Å². The van der Waals surface area contributed by atoms with Crippen LogP contribution >= 0.6 is 12.6 Å². The van der Waals surface area contributed by atoms with Crippen LogP contribution in [-0.4, -0.2) is 11.9 Å². The number of nitrogens with one attached hydrogen (secondary N) is 1. The summed E-state index contributed by atoms with van der Waals surface area (Å²) in [6, 6.07) is 4.47. The highest BCUT2D eigenvalue weighted by molar-refractivity contribution is 7.80. The molecular formula is C15H20FNOS. The van der Waals surface area contributed by atoms with Crippen LogP contribution in [0, 0.1) is 17.7 Å². The molecule has 1 aromatic rings. The molecule has 1 amide bonds. The number of thiol groups is 1. The molecule has 1 aromatic carbocycles. The Bertz CT molecular complexity index is 477. The van der Waals surface area contributed by atoms with Gasteiger partial charge in [0, 0.05) is 16.5 Å². The van der Waals surface area contributed by atoms with E-state index in [1.807, 2.05) is 0 Å². The van der Waals surface area contributed by atoms with Gasteiger partial charge in [0.05, 0.1) is 0 Å². The van der Waals surface area contributed by atoms with Gasteiger partial charge in [-0.15, -0.1) is 12.6 Å². The number of benzene rings is 1. The predicted octanol–water partition coefficient (Wildman–Crippen LogP) is 3.67. The van der Waals surface area contributed by atoms with Gasteiger partial charge in [-0.25, -0.2) is 4.39 Å². The predicted molar refractivity (Wildman–Crippen MR) is 77.1 cm³/mol. The summed E-state index contributed by atoms with van der Waals surface area (Å²) in [6.07, 6.45) is 3.40. The first kappa shape index (κ1) is 14.4. The average Bonchev–Trinajstić information content (AvgIpc) is 2.38. The molecule has 3 unspecified atom stereocenters. The van der Waals surface area contributed by atoms with Crippen molar-refractivity contribution >= 4 is 18.5 Å². The normalized spacial score (nSPS) is 27.1. The highest BCUT2D eigenvalue weighted by Crippen LogP contribution is 2.29. The van der Waals surface area contributed by atoms with Crippen molar-refractivity contribution in [1.29, 1.82) is 0 Å². The Morgan fingerprint density at radius 2 is 2.11 bits per heavy atom. The number of rotatable bonds is 2. The Hall–Kier alpha value is -1.03. The van der Waals surface area contributed by atoms with Gasteiger partial charge in [-0.1, -0.05) is 26.7 Å². The number of halogens is 1. The molecule has 0 bridgehead atoms. The van der Waals surface area contributed by atoms with Gasteiger partial charge < -0.3 is 5.32 Å². The summed E-state index contributed by atoms with van der Waals surface area (Å²) in [7, 11) is 0. The molecule has 2 rings (SSSR count). The highest BCUT2D eigenvalue weighted by Gasteiger charge is 2.28. The third-order valence-corrected chi connectivity index (χ3v) is 4.57. The standard InChI is InChI=1S/C15H20FNOS/c1-9-4-3-5-13(10(9)2)17-15(18)11-6-7-12(16)14(19)8-11/h6-10,13,19H,3-5H2,1-2H3,(H,17,18). The molecule has 1 saturated carbocycles. The van der Waals surface area contributed by atoms with E-state index in [1.54, 1.807) is 0 Å². The number of hydrogen-bond donors (Lipinski definition) is 2. The summed E-state index contributed by atoms with van der Waals surface area (Å²) in [6.45, 7) is 4.41. The van der Waals surface area contributed by atoms with Gasteiger partial charge in [0.1, 0.15) is 5.82 Å². The molecule has 104 valence electrons. The molecule has 2 nitrogen and oxygen atoms in total. The van der Waals surface area contributed by atoms with Gasteiger partial charge in [0.15, 0.2) is 0 Å². The van der Waals surface area contributed by atoms with Crippen LogP contribution in [0.15, 0.2) is 23.1 Å². The van der Waals surface area contributed by atoms with E-state index in [0.717, 1.165) is 12.8 Å². The summed E-state index contributed by atoms with van der Waals surface area (Å²) in [5, 5.41) is 3.07. The molecule has 4 heteroatoms. The van der Waals surface area contributed by atoms with Crippen molar-refractivity contribution in [2.24, 2.45) is 11.8 Å². The van der Waals surface area contributed by atoms with E-state index < -0.39 is 5.82 Å². The number of amides is 1. The molecule has 0 saturated heterocycles. The topological polar surface area (TPSA) is 29.1 Å². The zero-order valence-corrected chi connectivity index (χ0v) is 12.2. The minimum Gasteiger partial charge on any atom is -0.349 e. The molecule has 1 aliphatic carbocycles. The zero-order valence-electron chi connectivity index (χ0n) is 11.3. The van der Waals surface area contributed by atoms with Crippen LogP contribution in [0.5, 0.6) is 0 Å². The Kier molecular flexibility index (Phi) is 4.50. The summed E-state index contributed by atoms with van der Waals surface area (Å²) in [5.74, 6) is 0.571. The molecule has 0 aromatic heterocycles. The average molecular weight is 281 g/mol. The van der Waals surface area contributed by atoms with E-state index in [9.17, 15) is 9.18 Å². The molecule has 3 atom stereocenters. The molecular weight excluding hydrogens is 261 g/mol. The van der Waals surface area contributed by atoms with E-state index in [-0.39, 0.29) is 16.8 Å². The fourth-order valence-corrected chi connectivity index (χ4v) is 2.90. The minimum absolute atomic E-state index is 0.138. The van der Waals surface area contributed by atoms with Crippen LogP contribution in [0.1, 0.15) is 43.5 Å². The summed E-state index contributed by atoms with van der Waals surface area (Å²) >= 11 is 4.01. The van der Waals surface area contributed by atoms with E-state index in [1.165, 1.54) is 24.6 Å². The third kappa shape index (κ3) is 3.30. The Balaban J connectivity index is 2.06. The van der Waals surface area contributed by atoms with Crippen molar-refractivity contribution in [2.75, 3.05) is 0 Å². The van der Waals surface area contributed by atoms with Crippen LogP contribution in [0.25, 0.3) is 0 Å². The molecule has 1 fully saturated rings. The summed E-state index contributed by atoms with van der Waals surface area (Å²) < 4.78 is 13.1. The second-order valence-electron chi connectivity index (χ2n) is 5.51. The van der Waals surface area contributed by atoms with Gasteiger partial charge in [0.25, 0.3) is 5.91 Å². The first-order chi connectivity index (χ1) is 8.99. The Morgan fingerprint density at radius 3 is 2.79 bits per heavy atom. The molecule has 1 N–H and O–H groups in total. The first-order valence-corrected chi connectivity index (χ1v) is 7.23. The second-order valence-corrected chi connectivity index (χ2v) is 6.00. The number of carbonyl (C=O) groups excluding carboxylic acids is 1. The molecule has 0 heterocycles. The molecule has 0 radical (unpaired) electrons. The summed E-state index contributed by atoms with van der Waals surface area (Å²) in [5.41, 5.74) is 0.469. The van der Waals surface area contributed by atoms with Crippen LogP contribution in [0.4, 0.5) is 4.39 Å². The maximum absolute atomic E-state index is 13.1. The molecule has 19 heavy (non-hydrogen) atoms. The maximum Gasteiger partial charge on any atom is 0.251 e. The van der Waals surface area contributed by atoms with Crippen molar-refractivity contribution in [3.63, 3.8) is 0 Å². The van der Waals surface area contributed by atoms with E-state index in [2.05, 4.69) is 31.8 Å². The molecule has 1 aliphatic rings. The lowest BCUT2D eigenvalue weighted by Crippen LogP contribution is -2.43. The SMILES string of the molecule is CC1CCCC(NC(=O)c2ccc(F)c(S)c2)C1C.